The van der Waals surface area contributed by atoms with Gasteiger partial charge >= 0.3 is 0 Å². The van der Waals surface area contributed by atoms with Gasteiger partial charge in [-0.05, 0) is 45.6 Å². The molecule has 0 aliphatic heterocycles. The number of nitrogens with two attached hydrogens (primary N) is 1. The van der Waals surface area contributed by atoms with Crippen LogP contribution in [0.5, 0.6) is 0 Å². The van der Waals surface area contributed by atoms with Crippen molar-refractivity contribution in [3.8, 4) is 0 Å². The van der Waals surface area contributed by atoms with E-state index in [-0.39, 0.29) is 11.9 Å². The fourth-order valence-corrected chi connectivity index (χ4v) is 3.33. The van der Waals surface area contributed by atoms with Crippen molar-refractivity contribution in [1.29, 1.82) is 0 Å². The molecule has 2 N–H and O–H groups in total. The van der Waals surface area contributed by atoms with Gasteiger partial charge in [-0.2, -0.15) is 0 Å². The molecule has 0 spiro atoms. The van der Waals surface area contributed by atoms with Crippen molar-refractivity contribution in [2.75, 3.05) is 0 Å². The third-order valence-electron chi connectivity index (χ3n) is 2.45. The molecule has 0 aliphatic carbocycles. The summed E-state index contributed by atoms with van der Waals surface area (Å²) in [5.74, 6) is -0.311. The largest absolute Gasteiger partial charge is 0.324 e. The standard InChI is InChI=1S/C12H10BrClFNS/c13-9-3-4-17-12(9)6-11(16)8-5-7(14)1-2-10(8)15/h1-5,11H,6,16H2. The predicted octanol–water partition coefficient (Wildman–Crippen LogP) is 4.55. The lowest BCUT2D eigenvalue weighted by atomic mass is 10.0. The van der Waals surface area contributed by atoms with Crippen molar-refractivity contribution in [2.24, 2.45) is 5.73 Å². The van der Waals surface area contributed by atoms with Gasteiger partial charge in [-0.1, -0.05) is 11.6 Å². The third-order valence-corrected chi connectivity index (χ3v) is 4.64. The molecule has 1 aromatic heterocycles. The number of hydrogen-bond acceptors (Lipinski definition) is 2. The lowest BCUT2D eigenvalue weighted by Crippen LogP contribution is -2.14. The minimum absolute atomic E-state index is 0.311. The molecule has 5 heteroatoms. The Labute approximate surface area is 117 Å². The lowest BCUT2D eigenvalue weighted by Gasteiger charge is -2.12. The highest BCUT2D eigenvalue weighted by Gasteiger charge is 2.14. The smallest absolute Gasteiger partial charge is 0.128 e. The van der Waals surface area contributed by atoms with Crippen molar-refractivity contribution in [1.82, 2.24) is 0 Å². The van der Waals surface area contributed by atoms with E-state index in [2.05, 4.69) is 15.9 Å². The van der Waals surface area contributed by atoms with Gasteiger partial charge in [-0.3, -0.25) is 0 Å². The Balaban J connectivity index is 2.23. The second kappa shape index (κ2) is 5.48. The minimum Gasteiger partial charge on any atom is -0.324 e. The molecule has 0 saturated heterocycles. The first-order valence-electron chi connectivity index (χ1n) is 5.00. The molecule has 0 amide bonds. The predicted molar refractivity (Wildman–Crippen MR) is 74.1 cm³/mol. The van der Waals surface area contributed by atoms with E-state index in [1.54, 1.807) is 17.4 Å². The molecule has 1 heterocycles. The summed E-state index contributed by atoms with van der Waals surface area (Å²) in [4.78, 5) is 1.11. The maximum atomic E-state index is 13.6. The second-order valence-corrected chi connectivity index (χ2v) is 5.96. The minimum atomic E-state index is -0.386. The zero-order chi connectivity index (χ0) is 12.4. The summed E-state index contributed by atoms with van der Waals surface area (Å²) in [6, 6.07) is 6.03. The van der Waals surface area contributed by atoms with E-state index < -0.39 is 0 Å². The molecule has 17 heavy (non-hydrogen) atoms. The molecule has 1 nitrogen and oxygen atoms in total. The number of benzene rings is 1. The summed E-state index contributed by atoms with van der Waals surface area (Å²) in [5, 5.41) is 2.47. The first kappa shape index (κ1) is 13.0. The average molecular weight is 335 g/mol. The Morgan fingerprint density at radius 2 is 2.18 bits per heavy atom. The Morgan fingerprint density at radius 3 is 2.82 bits per heavy atom. The molecular formula is C12H10BrClFNS. The molecule has 0 fully saturated rings. The van der Waals surface area contributed by atoms with Crippen LogP contribution in [-0.4, -0.2) is 0 Å². The zero-order valence-electron chi connectivity index (χ0n) is 8.79. The van der Waals surface area contributed by atoms with Crippen LogP contribution >= 0.6 is 38.9 Å². The molecule has 1 unspecified atom stereocenters. The van der Waals surface area contributed by atoms with Crippen molar-refractivity contribution in [3.63, 3.8) is 0 Å². The zero-order valence-corrected chi connectivity index (χ0v) is 11.9. The maximum absolute atomic E-state index is 13.6. The highest BCUT2D eigenvalue weighted by molar-refractivity contribution is 9.10. The van der Waals surface area contributed by atoms with E-state index in [9.17, 15) is 4.39 Å². The monoisotopic (exact) mass is 333 g/mol. The average Bonchev–Trinajstić information content (AvgIpc) is 2.68. The van der Waals surface area contributed by atoms with E-state index in [4.69, 9.17) is 17.3 Å². The second-order valence-electron chi connectivity index (χ2n) is 3.67. The van der Waals surface area contributed by atoms with Crippen LogP contribution < -0.4 is 5.73 Å². The third kappa shape index (κ3) is 3.07. The fraction of sp³-hybridized carbons (Fsp3) is 0.167. The summed E-state index contributed by atoms with van der Waals surface area (Å²) in [5.41, 5.74) is 6.47. The summed E-state index contributed by atoms with van der Waals surface area (Å²) in [7, 11) is 0. The van der Waals surface area contributed by atoms with E-state index in [0.29, 0.717) is 17.0 Å². The van der Waals surface area contributed by atoms with E-state index in [1.165, 1.54) is 12.1 Å². The Bertz CT molecular complexity index is 529. The molecule has 1 atom stereocenters. The van der Waals surface area contributed by atoms with Gasteiger partial charge in [0.05, 0.1) is 0 Å². The number of rotatable bonds is 3. The molecular weight excluding hydrogens is 325 g/mol. The molecule has 0 bridgehead atoms. The number of thiophene rings is 1. The molecule has 90 valence electrons. The molecule has 1 aromatic carbocycles. The molecule has 2 aromatic rings. The van der Waals surface area contributed by atoms with Gasteiger partial charge in [0.25, 0.3) is 0 Å². The first-order valence-corrected chi connectivity index (χ1v) is 7.05. The normalized spacial score (nSPS) is 12.7. The van der Waals surface area contributed by atoms with E-state index >= 15 is 0 Å². The Hall–Kier alpha value is -0.420. The van der Waals surface area contributed by atoms with Gasteiger partial charge in [0.1, 0.15) is 5.82 Å². The summed E-state index contributed by atoms with van der Waals surface area (Å²) in [6.07, 6.45) is 0.593. The highest BCUT2D eigenvalue weighted by Crippen LogP contribution is 2.29. The lowest BCUT2D eigenvalue weighted by molar-refractivity contribution is 0.581. The Kier molecular flexibility index (Phi) is 4.20. The van der Waals surface area contributed by atoms with Gasteiger partial charge in [0.15, 0.2) is 0 Å². The van der Waals surface area contributed by atoms with Gasteiger partial charge in [0, 0.05) is 32.4 Å². The molecule has 0 aliphatic rings. The van der Waals surface area contributed by atoms with Crippen molar-refractivity contribution >= 4 is 38.9 Å². The molecule has 0 saturated carbocycles. The van der Waals surface area contributed by atoms with Gasteiger partial charge in [-0.15, -0.1) is 11.3 Å². The van der Waals surface area contributed by atoms with Crippen molar-refractivity contribution in [3.05, 3.63) is 55.4 Å². The van der Waals surface area contributed by atoms with Crippen molar-refractivity contribution in [2.45, 2.75) is 12.5 Å². The van der Waals surface area contributed by atoms with E-state index in [1.807, 2.05) is 11.4 Å². The first-order chi connectivity index (χ1) is 8.08. The van der Waals surface area contributed by atoms with Crippen LogP contribution in [0.4, 0.5) is 4.39 Å². The van der Waals surface area contributed by atoms with Crippen LogP contribution in [-0.2, 0) is 6.42 Å². The van der Waals surface area contributed by atoms with Gasteiger partial charge in [0.2, 0.25) is 0 Å². The van der Waals surface area contributed by atoms with Crippen LogP contribution in [0.1, 0.15) is 16.5 Å². The van der Waals surface area contributed by atoms with Crippen LogP contribution in [0.3, 0.4) is 0 Å². The quantitative estimate of drug-likeness (QED) is 0.876. The summed E-state index contributed by atoms with van der Waals surface area (Å²) < 4.78 is 14.6. The maximum Gasteiger partial charge on any atom is 0.128 e. The van der Waals surface area contributed by atoms with Crippen LogP contribution in [0, 0.1) is 5.82 Å². The topological polar surface area (TPSA) is 26.0 Å². The summed E-state index contributed by atoms with van der Waals surface area (Å²) >= 11 is 10.9. The molecule has 0 radical (unpaired) electrons. The highest BCUT2D eigenvalue weighted by atomic mass is 79.9. The van der Waals surface area contributed by atoms with E-state index in [0.717, 1.165) is 9.35 Å². The van der Waals surface area contributed by atoms with Gasteiger partial charge in [-0.25, -0.2) is 4.39 Å². The Morgan fingerprint density at radius 1 is 1.41 bits per heavy atom. The fourth-order valence-electron chi connectivity index (χ4n) is 1.58. The number of hydrogen-bond donors (Lipinski definition) is 1. The van der Waals surface area contributed by atoms with Crippen LogP contribution in [0.25, 0.3) is 0 Å². The number of halogens is 3. The van der Waals surface area contributed by atoms with Crippen molar-refractivity contribution < 1.29 is 4.39 Å². The molecule has 2 rings (SSSR count). The van der Waals surface area contributed by atoms with Crippen LogP contribution in [0.2, 0.25) is 5.02 Å². The van der Waals surface area contributed by atoms with Crippen LogP contribution in [0.15, 0.2) is 34.1 Å². The van der Waals surface area contributed by atoms with Gasteiger partial charge < -0.3 is 5.73 Å². The SMILES string of the molecule is NC(Cc1sccc1Br)c1cc(Cl)ccc1F. The summed E-state index contributed by atoms with van der Waals surface area (Å²) in [6.45, 7) is 0.